The normalized spacial score (nSPS) is 22.8. The second-order valence-corrected chi connectivity index (χ2v) is 11.2. The van der Waals surface area contributed by atoms with E-state index in [9.17, 15) is 0 Å². The molecule has 1 atom stereocenters. The number of benzene rings is 2. The first-order valence-corrected chi connectivity index (χ1v) is 13.9. The van der Waals surface area contributed by atoms with Crippen LogP contribution in [0.4, 0.5) is 0 Å². The Morgan fingerprint density at radius 1 is 0.941 bits per heavy atom. The Hall–Kier alpha value is -1.81. The second-order valence-electron chi connectivity index (χ2n) is 10.7. The molecule has 0 radical (unpaired) electrons. The first-order valence-electron chi connectivity index (χ1n) is 13.5. The minimum atomic E-state index is 0.328. The number of para-hydroxylation sites is 1. The molecule has 2 fully saturated rings. The molecule has 5 rings (SSSR count). The van der Waals surface area contributed by atoms with Gasteiger partial charge < -0.3 is 15.6 Å². The topological polar surface area (TPSA) is 43.0 Å². The highest BCUT2D eigenvalue weighted by molar-refractivity contribution is 6.30. The van der Waals surface area contributed by atoms with Gasteiger partial charge in [-0.3, -0.25) is 0 Å². The molecule has 0 saturated heterocycles. The Bertz CT molecular complexity index is 1060. The SMILES string of the molecule is N[C@H]1CC[C@H](NCCC(c2cccc(Cl)c2)c2cn(CC3CCCCC3)c3ccccc23)CC1. The quantitative estimate of drug-likeness (QED) is 0.358. The molecule has 0 amide bonds. The molecule has 1 unspecified atom stereocenters. The molecule has 34 heavy (non-hydrogen) atoms. The van der Waals surface area contributed by atoms with Crippen molar-refractivity contribution in [3.8, 4) is 0 Å². The van der Waals surface area contributed by atoms with E-state index in [1.54, 1.807) is 0 Å². The molecule has 2 aromatic carbocycles. The van der Waals surface area contributed by atoms with Crippen molar-refractivity contribution >= 4 is 22.5 Å². The fourth-order valence-electron chi connectivity index (χ4n) is 6.33. The van der Waals surface area contributed by atoms with E-state index in [4.69, 9.17) is 17.3 Å². The van der Waals surface area contributed by atoms with Gasteiger partial charge in [0.05, 0.1) is 0 Å². The summed E-state index contributed by atoms with van der Waals surface area (Å²) in [5.74, 6) is 1.14. The van der Waals surface area contributed by atoms with Gasteiger partial charge in [-0.2, -0.15) is 0 Å². The van der Waals surface area contributed by atoms with E-state index in [1.165, 1.54) is 67.0 Å². The summed E-state index contributed by atoms with van der Waals surface area (Å²) in [6, 6.07) is 18.5. The first kappa shape index (κ1) is 23.9. The zero-order chi connectivity index (χ0) is 23.3. The lowest BCUT2D eigenvalue weighted by Gasteiger charge is -2.28. The van der Waals surface area contributed by atoms with Crippen LogP contribution in [0.3, 0.4) is 0 Å². The van der Waals surface area contributed by atoms with Crippen LogP contribution < -0.4 is 11.1 Å². The highest BCUT2D eigenvalue weighted by Crippen LogP contribution is 2.37. The summed E-state index contributed by atoms with van der Waals surface area (Å²) in [7, 11) is 0. The number of aromatic nitrogens is 1. The Morgan fingerprint density at radius 3 is 2.53 bits per heavy atom. The molecule has 0 spiro atoms. The summed E-state index contributed by atoms with van der Waals surface area (Å²) in [6.07, 6.45) is 15.1. The van der Waals surface area contributed by atoms with Gasteiger partial charge in [0.15, 0.2) is 0 Å². The number of fused-ring (bicyclic) bond motifs is 1. The first-order chi connectivity index (χ1) is 16.7. The fourth-order valence-corrected chi connectivity index (χ4v) is 6.53. The van der Waals surface area contributed by atoms with Gasteiger partial charge in [-0.15, -0.1) is 0 Å². The van der Waals surface area contributed by atoms with Crippen molar-refractivity contribution < 1.29 is 0 Å². The minimum absolute atomic E-state index is 0.328. The molecule has 3 nitrogen and oxygen atoms in total. The van der Waals surface area contributed by atoms with E-state index < -0.39 is 0 Å². The fraction of sp³-hybridized carbons (Fsp3) is 0.533. The van der Waals surface area contributed by atoms with Crippen LogP contribution >= 0.6 is 11.6 Å². The van der Waals surface area contributed by atoms with Crippen LogP contribution in [0.5, 0.6) is 0 Å². The van der Waals surface area contributed by atoms with E-state index >= 15 is 0 Å². The lowest BCUT2D eigenvalue weighted by molar-refractivity contribution is 0.322. The summed E-state index contributed by atoms with van der Waals surface area (Å²) >= 11 is 6.47. The van der Waals surface area contributed by atoms with Gasteiger partial charge in [0.25, 0.3) is 0 Å². The highest BCUT2D eigenvalue weighted by Gasteiger charge is 2.23. The highest BCUT2D eigenvalue weighted by atomic mass is 35.5. The van der Waals surface area contributed by atoms with Crippen LogP contribution in [0.1, 0.15) is 81.3 Å². The third-order valence-electron chi connectivity index (χ3n) is 8.26. The zero-order valence-electron chi connectivity index (χ0n) is 20.4. The molecule has 0 bridgehead atoms. The number of nitrogens with two attached hydrogens (primary N) is 1. The summed E-state index contributed by atoms with van der Waals surface area (Å²) in [4.78, 5) is 0. The molecule has 2 aliphatic rings. The number of hydrogen-bond acceptors (Lipinski definition) is 2. The van der Waals surface area contributed by atoms with Crippen LogP contribution in [-0.2, 0) is 6.54 Å². The van der Waals surface area contributed by atoms with Crippen LogP contribution in [-0.4, -0.2) is 23.2 Å². The summed E-state index contributed by atoms with van der Waals surface area (Å²) < 4.78 is 2.55. The average Bonchev–Trinajstić information content (AvgIpc) is 3.22. The number of hydrogen-bond donors (Lipinski definition) is 2. The maximum absolute atomic E-state index is 6.47. The van der Waals surface area contributed by atoms with Gasteiger partial charge >= 0.3 is 0 Å². The molecular weight excluding hydrogens is 438 g/mol. The standard InChI is InChI=1S/C30H40ClN3/c31-24-10-6-9-23(19-24)27(17-18-33-26-15-13-25(32)14-16-26)29-21-34(20-22-7-2-1-3-8-22)30-12-5-4-11-28(29)30/h4-6,9-12,19,21-22,25-27,33H,1-3,7-8,13-18,20,32H2/t25-,26-,27?. The number of halogens is 1. The Kier molecular flexibility index (Phi) is 7.94. The molecule has 1 aromatic heterocycles. The lowest BCUT2D eigenvalue weighted by Crippen LogP contribution is -2.38. The molecule has 2 aliphatic carbocycles. The maximum atomic E-state index is 6.47. The van der Waals surface area contributed by atoms with Crippen molar-refractivity contribution in [3.63, 3.8) is 0 Å². The Morgan fingerprint density at radius 2 is 1.74 bits per heavy atom. The van der Waals surface area contributed by atoms with Gasteiger partial charge in [-0.25, -0.2) is 0 Å². The second kappa shape index (κ2) is 11.3. The zero-order valence-corrected chi connectivity index (χ0v) is 21.1. The average molecular weight is 478 g/mol. The summed E-state index contributed by atoms with van der Waals surface area (Å²) in [5, 5.41) is 6.07. The molecule has 4 heteroatoms. The maximum Gasteiger partial charge on any atom is 0.0483 e. The van der Waals surface area contributed by atoms with Gasteiger partial charge in [0.2, 0.25) is 0 Å². The van der Waals surface area contributed by atoms with Crippen molar-refractivity contribution in [1.82, 2.24) is 9.88 Å². The van der Waals surface area contributed by atoms with Gasteiger partial charge in [-0.05, 0) is 86.7 Å². The molecule has 2 saturated carbocycles. The number of nitrogens with zero attached hydrogens (tertiary/aromatic N) is 1. The molecule has 1 heterocycles. The van der Waals surface area contributed by atoms with E-state index in [1.807, 2.05) is 6.07 Å². The number of rotatable bonds is 8. The lowest BCUT2D eigenvalue weighted by atomic mass is 9.87. The van der Waals surface area contributed by atoms with E-state index in [0.29, 0.717) is 18.0 Å². The van der Waals surface area contributed by atoms with E-state index in [2.05, 4.69) is 58.5 Å². The molecule has 3 aromatic rings. The van der Waals surface area contributed by atoms with Crippen molar-refractivity contribution in [1.29, 1.82) is 0 Å². The van der Waals surface area contributed by atoms with Crippen LogP contribution in [0, 0.1) is 5.92 Å². The molecule has 182 valence electrons. The van der Waals surface area contributed by atoms with Crippen LogP contribution in [0.25, 0.3) is 10.9 Å². The largest absolute Gasteiger partial charge is 0.347 e. The predicted molar refractivity (Wildman–Crippen MR) is 145 cm³/mol. The smallest absolute Gasteiger partial charge is 0.0483 e. The molecule has 0 aliphatic heterocycles. The Labute approximate surface area is 210 Å². The molecule has 3 N–H and O–H groups in total. The van der Waals surface area contributed by atoms with Crippen molar-refractivity contribution in [2.75, 3.05) is 6.54 Å². The third-order valence-corrected chi connectivity index (χ3v) is 8.50. The van der Waals surface area contributed by atoms with E-state index in [0.717, 1.165) is 43.3 Å². The minimum Gasteiger partial charge on any atom is -0.347 e. The van der Waals surface area contributed by atoms with E-state index in [-0.39, 0.29) is 0 Å². The predicted octanol–water partition coefficient (Wildman–Crippen LogP) is 7.26. The van der Waals surface area contributed by atoms with Crippen molar-refractivity contribution in [3.05, 3.63) is 70.9 Å². The summed E-state index contributed by atoms with van der Waals surface area (Å²) in [6.45, 7) is 2.16. The van der Waals surface area contributed by atoms with Crippen molar-refractivity contribution in [2.45, 2.75) is 88.8 Å². The van der Waals surface area contributed by atoms with Crippen molar-refractivity contribution in [2.24, 2.45) is 11.7 Å². The molecular formula is C30H40ClN3. The van der Waals surface area contributed by atoms with Crippen LogP contribution in [0.2, 0.25) is 5.02 Å². The summed E-state index contributed by atoms with van der Waals surface area (Å²) in [5.41, 5.74) is 10.3. The van der Waals surface area contributed by atoms with Gasteiger partial charge in [-0.1, -0.05) is 61.2 Å². The number of nitrogens with one attached hydrogen (secondary N) is 1. The van der Waals surface area contributed by atoms with Crippen LogP contribution in [0.15, 0.2) is 54.7 Å². The van der Waals surface area contributed by atoms with Gasteiger partial charge in [0, 0.05) is 46.7 Å². The van der Waals surface area contributed by atoms with Gasteiger partial charge in [0.1, 0.15) is 0 Å². The Balaban J connectivity index is 1.41. The third kappa shape index (κ3) is 5.70. The monoisotopic (exact) mass is 477 g/mol.